The first-order valence-corrected chi connectivity index (χ1v) is 8.97. The standard InChI is InChI=1S/C18H25ClN2O/c19-16-7-5-14(6-8-16)13-21-11-9-15(10-12-21)18(22)20-17-3-1-2-4-17/h5-8,15,17H,1-4,9-13H2,(H,20,22)/p+1. The summed E-state index contributed by atoms with van der Waals surface area (Å²) in [7, 11) is 0. The topological polar surface area (TPSA) is 33.5 Å². The minimum Gasteiger partial charge on any atom is -0.353 e. The molecular weight excluding hydrogens is 296 g/mol. The molecule has 0 aromatic heterocycles. The molecule has 1 aliphatic heterocycles. The van der Waals surface area contributed by atoms with Crippen LogP contribution >= 0.6 is 11.6 Å². The van der Waals surface area contributed by atoms with Crippen LogP contribution < -0.4 is 10.2 Å². The monoisotopic (exact) mass is 321 g/mol. The van der Waals surface area contributed by atoms with Gasteiger partial charge >= 0.3 is 0 Å². The van der Waals surface area contributed by atoms with E-state index in [0.29, 0.717) is 11.9 Å². The summed E-state index contributed by atoms with van der Waals surface area (Å²) in [4.78, 5) is 13.9. The van der Waals surface area contributed by atoms with Crippen molar-refractivity contribution >= 4 is 17.5 Å². The first-order valence-electron chi connectivity index (χ1n) is 8.59. The van der Waals surface area contributed by atoms with Crippen molar-refractivity contribution in [3.05, 3.63) is 34.9 Å². The van der Waals surface area contributed by atoms with E-state index < -0.39 is 0 Å². The quantitative estimate of drug-likeness (QED) is 0.876. The van der Waals surface area contributed by atoms with E-state index in [0.717, 1.165) is 37.5 Å². The van der Waals surface area contributed by atoms with Crippen LogP contribution in [0.2, 0.25) is 5.02 Å². The Kier molecular flexibility index (Phi) is 5.37. The summed E-state index contributed by atoms with van der Waals surface area (Å²) in [6, 6.07) is 8.57. The van der Waals surface area contributed by atoms with Gasteiger partial charge in [-0.1, -0.05) is 36.6 Å². The molecule has 120 valence electrons. The molecule has 0 bridgehead atoms. The third-order valence-electron chi connectivity index (χ3n) is 5.13. The van der Waals surface area contributed by atoms with E-state index in [2.05, 4.69) is 17.4 Å². The zero-order chi connectivity index (χ0) is 15.4. The van der Waals surface area contributed by atoms with Crippen molar-refractivity contribution < 1.29 is 9.69 Å². The zero-order valence-corrected chi connectivity index (χ0v) is 13.9. The van der Waals surface area contributed by atoms with Crippen LogP contribution in [0.15, 0.2) is 24.3 Å². The maximum Gasteiger partial charge on any atom is 0.223 e. The summed E-state index contributed by atoms with van der Waals surface area (Å²) in [5.74, 6) is 0.534. The zero-order valence-electron chi connectivity index (χ0n) is 13.1. The number of carbonyl (C=O) groups is 1. The molecule has 0 spiro atoms. The van der Waals surface area contributed by atoms with Gasteiger partial charge in [-0.2, -0.15) is 0 Å². The summed E-state index contributed by atoms with van der Waals surface area (Å²) < 4.78 is 0. The van der Waals surface area contributed by atoms with Gasteiger partial charge in [0.2, 0.25) is 5.91 Å². The van der Waals surface area contributed by atoms with Crippen molar-refractivity contribution in [1.29, 1.82) is 0 Å². The molecule has 0 unspecified atom stereocenters. The molecule has 1 saturated heterocycles. The highest BCUT2D eigenvalue weighted by Gasteiger charge is 2.29. The Bertz CT molecular complexity index is 488. The fraction of sp³-hybridized carbons (Fsp3) is 0.611. The van der Waals surface area contributed by atoms with Gasteiger partial charge in [0.05, 0.1) is 13.1 Å². The smallest absolute Gasteiger partial charge is 0.223 e. The van der Waals surface area contributed by atoms with Gasteiger partial charge in [-0.3, -0.25) is 4.79 Å². The van der Waals surface area contributed by atoms with Crippen LogP contribution in [0.3, 0.4) is 0 Å². The van der Waals surface area contributed by atoms with Crippen molar-refractivity contribution in [1.82, 2.24) is 5.32 Å². The number of amides is 1. The molecule has 2 aliphatic rings. The molecule has 1 aliphatic carbocycles. The predicted octanol–water partition coefficient (Wildman–Crippen LogP) is 2.19. The fourth-order valence-corrected chi connectivity index (χ4v) is 3.87. The van der Waals surface area contributed by atoms with E-state index in [-0.39, 0.29) is 5.92 Å². The summed E-state index contributed by atoms with van der Waals surface area (Å²) in [5, 5.41) is 4.05. The average Bonchev–Trinajstić information content (AvgIpc) is 3.03. The number of rotatable bonds is 4. The summed E-state index contributed by atoms with van der Waals surface area (Å²) in [5.41, 5.74) is 1.33. The molecule has 1 amide bonds. The molecule has 22 heavy (non-hydrogen) atoms. The van der Waals surface area contributed by atoms with E-state index in [1.807, 2.05) is 12.1 Å². The lowest BCUT2D eigenvalue weighted by Crippen LogP contribution is -3.11. The maximum absolute atomic E-state index is 12.3. The first-order chi connectivity index (χ1) is 10.7. The summed E-state index contributed by atoms with van der Waals surface area (Å²) in [6.45, 7) is 3.21. The molecule has 3 nitrogen and oxygen atoms in total. The fourth-order valence-electron chi connectivity index (χ4n) is 3.75. The second-order valence-electron chi connectivity index (χ2n) is 6.82. The highest BCUT2D eigenvalue weighted by molar-refractivity contribution is 6.30. The number of benzene rings is 1. The Morgan fingerprint density at radius 1 is 1.09 bits per heavy atom. The van der Waals surface area contributed by atoms with Gasteiger partial charge in [0.1, 0.15) is 6.54 Å². The Labute approximate surface area is 138 Å². The van der Waals surface area contributed by atoms with Crippen molar-refractivity contribution in [2.75, 3.05) is 13.1 Å². The average molecular weight is 322 g/mol. The van der Waals surface area contributed by atoms with Crippen LogP contribution in [-0.2, 0) is 11.3 Å². The SMILES string of the molecule is O=C(NC1CCCC1)C1CC[NH+](Cc2ccc(Cl)cc2)CC1. The van der Waals surface area contributed by atoms with Gasteiger partial charge in [-0.05, 0) is 25.0 Å². The molecular formula is C18H26ClN2O+. The van der Waals surface area contributed by atoms with Gasteiger partial charge < -0.3 is 10.2 Å². The van der Waals surface area contributed by atoms with Crippen LogP contribution in [0, 0.1) is 5.92 Å². The number of hydrogen-bond donors (Lipinski definition) is 2. The van der Waals surface area contributed by atoms with Gasteiger partial charge in [0.15, 0.2) is 0 Å². The van der Waals surface area contributed by atoms with Gasteiger partial charge in [0.25, 0.3) is 0 Å². The number of hydrogen-bond acceptors (Lipinski definition) is 1. The lowest BCUT2D eigenvalue weighted by Gasteiger charge is -2.29. The van der Waals surface area contributed by atoms with Crippen molar-refractivity contribution in [2.45, 2.75) is 51.1 Å². The largest absolute Gasteiger partial charge is 0.353 e. The van der Waals surface area contributed by atoms with Crippen LogP contribution in [-0.4, -0.2) is 25.0 Å². The lowest BCUT2D eigenvalue weighted by atomic mass is 9.95. The van der Waals surface area contributed by atoms with Crippen LogP contribution in [0.1, 0.15) is 44.1 Å². The minimum atomic E-state index is 0.231. The molecule has 1 saturated carbocycles. The Morgan fingerprint density at radius 2 is 1.73 bits per heavy atom. The molecule has 1 heterocycles. The molecule has 1 aromatic carbocycles. The van der Waals surface area contributed by atoms with Crippen molar-refractivity contribution in [3.8, 4) is 0 Å². The third kappa shape index (κ3) is 4.23. The molecule has 0 atom stereocenters. The summed E-state index contributed by atoms with van der Waals surface area (Å²) in [6.07, 6.45) is 6.92. The molecule has 0 radical (unpaired) electrons. The first kappa shape index (κ1) is 15.8. The molecule has 2 N–H and O–H groups in total. The minimum absolute atomic E-state index is 0.231. The lowest BCUT2D eigenvalue weighted by molar-refractivity contribution is -0.919. The second-order valence-corrected chi connectivity index (χ2v) is 7.25. The normalized spacial score (nSPS) is 26.0. The van der Waals surface area contributed by atoms with Crippen LogP contribution in [0.5, 0.6) is 0 Å². The van der Waals surface area contributed by atoms with E-state index in [1.54, 1.807) is 4.90 Å². The molecule has 3 rings (SSSR count). The number of halogens is 1. The Balaban J connectivity index is 1.43. The maximum atomic E-state index is 12.3. The number of carbonyl (C=O) groups excluding carboxylic acids is 1. The van der Waals surface area contributed by atoms with Crippen LogP contribution in [0.4, 0.5) is 0 Å². The predicted molar refractivity (Wildman–Crippen MR) is 89.0 cm³/mol. The number of quaternary nitrogens is 1. The van der Waals surface area contributed by atoms with Crippen molar-refractivity contribution in [2.24, 2.45) is 5.92 Å². The van der Waals surface area contributed by atoms with Gasteiger partial charge in [-0.15, -0.1) is 0 Å². The highest BCUT2D eigenvalue weighted by atomic mass is 35.5. The second kappa shape index (κ2) is 7.47. The number of nitrogens with one attached hydrogen (secondary N) is 2. The van der Waals surface area contributed by atoms with E-state index in [9.17, 15) is 4.79 Å². The molecule has 4 heteroatoms. The van der Waals surface area contributed by atoms with Gasteiger partial charge in [-0.25, -0.2) is 0 Å². The third-order valence-corrected chi connectivity index (χ3v) is 5.38. The Morgan fingerprint density at radius 3 is 2.36 bits per heavy atom. The van der Waals surface area contributed by atoms with E-state index in [4.69, 9.17) is 11.6 Å². The van der Waals surface area contributed by atoms with Crippen LogP contribution in [0.25, 0.3) is 0 Å². The van der Waals surface area contributed by atoms with E-state index >= 15 is 0 Å². The number of piperidine rings is 1. The summed E-state index contributed by atoms with van der Waals surface area (Å²) >= 11 is 5.93. The van der Waals surface area contributed by atoms with Crippen molar-refractivity contribution in [3.63, 3.8) is 0 Å². The highest BCUT2D eigenvalue weighted by Crippen LogP contribution is 2.19. The van der Waals surface area contributed by atoms with E-state index in [1.165, 1.54) is 31.2 Å². The van der Waals surface area contributed by atoms with Gasteiger partial charge in [0, 0.05) is 35.4 Å². The molecule has 2 fully saturated rings. The molecule has 1 aromatic rings. The Hall–Kier alpha value is -1.06. The number of likely N-dealkylation sites (tertiary alicyclic amines) is 1.